The van der Waals surface area contributed by atoms with Crippen molar-refractivity contribution < 1.29 is 18.7 Å². The topological polar surface area (TPSA) is 74.4 Å². The standard InChI is InChI=1S/C24H22FN3O3/c1-14-3-6-21-20(11-14)27-22(29)24(2,31-21)23(30)28-9-7-15(8-10-28)18-13-26-19-12-16(25)4-5-17(18)19/h3-7,11-13,26H,8-10H2,1-2H3,(H,27,29). The number of hydrogen-bond acceptors (Lipinski definition) is 3. The van der Waals surface area contributed by atoms with E-state index in [2.05, 4.69) is 10.3 Å². The van der Waals surface area contributed by atoms with Crippen LogP contribution < -0.4 is 10.1 Å². The number of anilines is 1. The summed E-state index contributed by atoms with van der Waals surface area (Å²) in [5.41, 5.74) is 2.78. The first-order valence-electron chi connectivity index (χ1n) is 10.2. The van der Waals surface area contributed by atoms with Gasteiger partial charge < -0.3 is 19.9 Å². The van der Waals surface area contributed by atoms with E-state index in [0.29, 0.717) is 30.9 Å². The maximum atomic E-state index is 13.5. The Labute approximate surface area is 178 Å². The molecule has 6 nitrogen and oxygen atoms in total. The Morgan fingerprint density at radius 2 is 2.06 bits per heavy atom. The number of aryl methyl sites for hydroxylation is 1. The summed E-state index contributed by atoms with van der Waals surface area (Å²) in [6, 6.07) is 10.1. The number of aromatic amines is 1. The molecular weight excluding hydrogens is 397 g/mol. The summed E-state index contributed by atoms with van der Waals surface area (Å²) in [5, 5.41) is 3.75. The number of aromatic nitrogens is 1. The van der Waals surface area contributed by atoms with Crippen LogP contribution in [0.15, 0.2) is 48.7 Å². The van der Waals surface area contributed by atoms with Crippen molar-refractivity contribution in [3.05, 3.63) is 65.6 Å². The number of benzene rings is 2. The summed E-state index contributed by atoms with van der Waals surface area (Å²) >= 11 is 0. The number of hydrogen-bond donors (Lipinski definition) is 2. The second-order valence-electron chi connectivity index (χ2n) is 8.21. The average molecular weight is 419 g/mol. The first-order valence-corrected chi connectivity index (χ1v) is 10.2. The molecule has 1 unspecified atom stereocenters. The van der Waals surface area contributed by atoms with E-state index in [-0.39, 0.29) is 11.7 Å². The lowest BCUT2D eigenvalue weighted by atomic mass is 9.96. The molecule has 31 heavy (non-hydrogen) atoms. The molecule has 2 amide bonds. The van der Waals surface area contributed by atoms with Gasteiger partial charge in [-0.05, 0) is 61.7 Å². The molecule has 7 heteroatoms. The molecule has 0 radical (unpaired) electrons. The van der Waals surface area contributed by atoms with Crippen LogP contribution in [-0.4, -0.2) is 40.4 Å². The highest BCUT2D eigenvalue weighted by atomic mass is 19.1. The lowest BCUT2D eigenvalue weighted by Crippen LogP contribution is -2.60. The molecule has 2 N–H and O–H groups in total. The number of H-pyrrole nitrogens is 1. The van der Waals surface area contributed by atoms with Crippen molar-refractivity contribution in [3.63, 3.8) is 0 Å². The lowest BCUT2D eigenvalue weighted by Gasteiger charge is -2.38. The Bertz CT molecular complexity index is 1260. The van der Waals surface area contributed by atoms with Crippen molar-refractivity contribution in [2.45, 2.75) is 25.9 Å². The first-order chi connectivity index (χ1) is 14.8. The van der Waals surface area contributed by atoms with Gasteiger partial charge in [-0.3, -0.25) is 9.59 Å². The maximum absolute atomic E-state index is 13.5. The molecular formula is C24H22FN3O3. The third-order valence-corrected chi connectivity index (χ3v) is 6.02. The van der Waals surface area contributed by atoms with Gasteiger partial charge in [0.05, 0.1) is 5.69 Å². The Kier molecular flexibility index (Phi) is 4.36. The van der Waals surface area contributed by atoms with Crippen LogP contribution in [0.2, 0.25) is 0 Å². The predicted octanol–water partition coefficient (Wildman–Crippen LogP) is 4.02. The average Bonchev–Trinajstić information content (AvgIpc) is 3.17. The van der Waals surface area contributed by atoms with Crippen molar-refractivity contribution in [1.29, 1.82) is 0 Å². The van der Waals surface area contributed by atoms with E-state index in [1.807, 2.05) is 31.3 Å². The monoisotopic (exact) mass is 419 g/mol. The predicted molar refractivity (Wildman–Crippen MR) is 116 cm³/mol. The van der Waals surface area contributed by atoms with Crippen LogP contribution >= 0.6 is 0 Å². The highest BCUT2D eigenvalue weighted by Crippen LogP contribution is 2.36. The molecule has 158 valence electrons. The number of rotatable bonds is 2. The van der Waals surface area contributed by atoms with Crippen molar-refractivity contribution in [2.75, 3.05) is 18.4 Å². The molecule has 2 aliphatic heterocycles. The zero-order chi connectivity index (χ0) is 21.8. The van der Waals surface area contributed by atoms with E-state index in [0.717, 1.165) is 27.6 Å². The van der Waals surface area contributed by atoms with Crippen molar-refractivity contribution >= 4 is 34.0 Å². The van der Waals surface area contributed by atoms with Gasteiger partial charge in [0.25, 0.3) is 17.4 Å². The van der Waals surface area contributed by atoms with Crippen LogP contribution in [0.25, 0.3) is 16.5 Å². The van der Waals surface area contributed by atoms with Crippen molar-refractivity contribution in [2.24, 2.45) is 0 Å². The number of nitrogens with one attached hydrogen (secondary N) is 2. The first kappa shape index (κ1) is 19.4. The van der Waals surface area contributed by atoms with E-state index in [4.69, 9.17) is 4.74 Å². The summed E-state index contributed by atoms with van der Waals surface area (Å²) in [6.45, 7) is 4.27. The fourth-order valence-corrected chi connectivity index (χ4v) is 4.24. The molecule has 0 saturated carbocycles. The minimum atomic E-state index is -1.62. The SMILES string of the molecule is Cc1ccc2c(c1)NC(=O)C(C)(C(=O)N1CC=C(c3c[nH]c4cc(F)ccc34)CC1)O2. The summed E-state index contributed by atoms with van der Waals surface area (Å²) in [7, 11) is 0. The van der Waals surface area contributed by atoms with Gasteiger partial charge in [-0.15, -0.1) is 0 Å². The molecule has 2 aromatic carbocycles. The number of carbonyl (C=O) groups excluding carboxylic acids is 2. The van der Waals surface area contributed by atoms with Crippen molar-refractivity contribution in [1.82, 2.24) is 9.88 Å². The number of nitrogens with zero attached hydrogens (tertiary/aromatic N) is 1. The van der Waals surface area contributed by atoms with Crippen LogP contribution in [0, 0.1) is 12.7 Å². The van der Waals surface area contributed by atoms with Crippen LogP contribution in [0.3, 0.4) is 0 Å². The smallest absolute Gasteiger partial charge is 0.278 e. The third-order valence-electron chi connectivity index (χ3n) is 6.02. The number of amides is 2. The zero-order valence-electron chi connectivity index (χ0n) is 17.3. The lowest BCUT2D eigenvalue weighted by molar-refractivity contribution is -0.154. The van der Waals surface area contributed by atoms with E-state index in [1.54, 1.807) is 17.0 Å². The Morgan fingerprint density at radius 3 is 2.84 bits per heavy atom. The van der Waals surface area contributed by atoms with Gasteiger partial charge in [0.1, 0.15) is 11.6 Å². The molecule has 0 fully saturated rings. The van der Waals surface area contributed by atoms with Gasteiger partial charge in [-0.2, -0.15) is 0 Å². The maximum Gasteiger partial charge on any atom is 0.278 e. The van der Waals surface area contributed by atoms with Gasteiger partial charge >= 0.3 is 0 Å². The molecule has 1 aromatic heterocycles. The normalized spacial score (nSPS) is 20.7. The molecule has 0 bridgehead atoms. The van der Waals surface area contributed by atoms with Gasteiger partial charge in [0.15, 0.2) is 0 Å². The van der Waals surface area contributed by atoms with Crippen molar-refractivity contribution in [3.8, 4) is 5.75 Å². The second-order valence-corrected chi connectivity index (χ2v) is 8.21. The molecule has 3 aromatic rings. The minimum Gasteiger partial charge on any atom is -0.466 e. The van der Waals surface area contributed by atoms with Gasteiger partial charge in [0.2, 0.25) is 0 Å². The molecule has 0 aliphatic carbocycles. The largest absolute Gasteiger partial charge is 0.466 e. The van der Waals surface area contributed by atoms with Crippen LogP contribution in [0.5, 0.6) is 5.75 Å². The Morgan fingerprint density at radius 1 is 1.23 bits per heavy atom. The van der Waals surface area contributed by atoms with E-state index < -0.39 is 11.5 Å². The summed E-state index contributed by atoms with van der Waals surface area (Å²) in [5.74, 6) is -0.636. The van der Waals surface area contributed by atoms with Gasteiger partial charge in [-0.25, -0.2) is 4.39 Å². The number of ether oxygens (including phenoxy) is 1. The summed E-state index contributed by atoms with van der Waals surface area (Å²) in [6.07, 6.45) is 4.48. The molecule has 2 aliphatic rings. The molecule has 3 heterocycles. The molecule has 5 rings (SSSR count). The van der Waals surface area contributed by atoms with E-state index >= 15 is 0 Å². The Hall–Kier alpha value is -3.61. The summed E-state index contributed by atoms with van der Waals surface area (Å²) < 4.78 is 19.4. The number of carbonyl (C=O) groups is 2. The van der Waals surface area contributed by atoms with E-state index in [1.165, 1.54) is 19.1 Å². The quantitative estimate of drug-likeness (QED) is 0.616. The highest BCUT2D eigenvalue weighted by molar-refractivity contribution is 6.15. The fraction of sp³-hybridized carbons (Fsp3) is 0.250. The van der Waals surface area contributed by atoms with Crippen LogP contribution in [-0.2, 0) is 9.59 Å². The summed E-state index contributed by atoms with van der Waals surface area (Å²) in [4.78, 5) is 30.8. The molecule has 0 saturated heterocycles. The van der Waals surface area contributed by atoms with Crippen LogP contribution in [0.1, 0.15) is 24.5 Å². The zero-order valence-corrected chi connectivity index (χ0v) is 17.3. The minimum absolute atomic E-state index is 0.286. The number of halogens is 1. The second kappa shape index (κ2) is 6.97. The number of fused-ring (bicyclic) bond motifs is 2. The van der Waals surface area contributed by atoms with Crippen LogP contribution in [0.4, 0.5) is 10.1 Å². The Balaban J connectivity index is 1.37. The van der Waals surface area contributed by atoms with Gasteiger partial charge in [-0.1, -0.05) is 12.1 Å². The fourth-order valence-electron chi connectivity index (χ4n) is 4.24. The van der Waals surface area contributed by atoms with E-state index in [9.17, 15) is 14.0 Å². The molecule has 1 atom stereocenters. The third kappa shape index (κ3) is 3.17. The molecule has 0 spiro atoms. The highest BCUT2D eigenvalue weighted by Gasteiger charge is 2.49. The van der Waals surface area contributed by atoms with Gasteiger partial charge in [0, 0.05) is 35.8 Å².